The third-order valence-corrected chi connectivity index (χ3v) is 4.49. The maximum Gasteiger partial charge on any atom is 0.274 e. The lowest BCUT2D eigenvalue weighted by molar-refractivity contribution is -0.125. The smallest absolute Gasteiger partial charge is 0.274 e. The van der Waals surface area contributed by atoms with Gasteiger partial charge in [-0.05, 0) is 44.2 Å². The number of rotatable bonds is 4. The Hall–Kier alpha value is -2.30. The molecule has 1 amide bonds. The zero-order valence-electron chi connectivity index (χ0n) is 13.5. The molecule has 2 N–H and O–H groups in total. The van der Waals surface area contributed by atoms with Crippen LogP contribution in [0.1, 0.15) is 37.4 Å². The highest BCUT2D eigenvalue weighted by atomic mass is 16.2. The van der Waals surface area contributed by atoms with Crippen LogP contribution in [0.2, 0.25) is 0 Å². The Balaban J connectivity index is 1.78. The van der Waals surface area contributed by atoms with E-state index in [1.807, 2.05) is 37.3 Å². The van der Waals surface area contributed by atoms with Crippen molar-refractivity contribution in [1.29, 1.82) is 0 Å². The molecule has 0 bridgehead atoms. The maximum absolute atomic E-state index is 12.6. The van der Waals surface area contributed by atoms with Crippen molar-refractivity contribution in [2.24, 2.45) is 5.92 Å². The lowest BCUT2D eigenvalue weighted by Gasteiger charge is -2.13. The zero-order chi connectivity index (χ0) is 16.2. The molecule has 3 rings (SSSR count). The second-order valence-corrected chi connectivity index (χ2v) is 6.11. The number of amides is 1. The monoisotopic (exact) mass is 313 g/mol. The SMILES string of the molecule is CCCNC(=O)C1CCc2[nH]n(-c3ccccc3)c(=O)c2CC1. The van der Waals surface area contributed by atoms with Gasteiger partial charge in [-0.2, -0.15) is 0 Å². The first kappa shape index (κ1) is 15.6. The molecule has 23 heavy (non-hydrogen) atoms. The van der Waals surface area contributed by atoms with Gasteiger partial charge in [-0.15, -0.1) is 0 Å². The fraction of sp³-hybridized carbons (Fsp3) is 0.444. The van der Waals surface area contributed by atoms with E-state index in [-0.39, 0.29) is 17.4 Å². The summed E-state index contributed by atoms with van der Waals surface area (Å²) in [6.45, 7) is 2.77. The number of aromatic amines is 1. The Bertz CT molecular complexity index is 730. The molecular formula is C18H23N3O2. The Morgan fingerprint density at radius 2 is 2.00 bits per heavy atom. The summed E-state index contributed by atoms with van der Waals surface area (Å²) in [6.07, 6.45) is 3.88. The standard InChI is InChI=1S/C18H23N3O2/c1-2-12-19-17(22)13-8-10-15-16(11-9-13)20-21(18(15)23)14-6-4-3-5-7-14/h3-7,13,20H,2,8-12H2,1H3,(H,19,22). The van der Waals surface area contributed by atoms with Gasteiger partial charge in [0.25, 0.3) is 5.56 Å². The molecule has 0 radical (unpaired) electrons. The van der Waals surface area contributed by atoms with Crippen LogP contribution in [0.15, 0.2) is 35.1 Å². The predicted octanol–water partition coefficient (Wildman–Crippen LogP) is 2.19. The number of para-hydroxylation sites is 1. The fourth-order valence-corrected chi connectivity index (χ4v) is 3.18. The molecule has 1 unspecified atom stereocenters. The molecule has 122 valence electrons. The van der Waals surface area contributed by atoms with E-state index in [2.05, 4.69) is 10.4 Å². The largest absolute Gasteiger partial charge is 0.356 e. The molecule has 1 aromatic carbocycles. The Labute approximate surface area is 135 Å². The van der Waals surface area contributed by atoms with Crippen LogP contribution in [-0.2, 0) is 17.6 Å². The number of nitrogens with one attached hydrogen (secondary N) is 2. The number of carbonyl (C=O) groups excluding carboxylic acids is 1. The topological polar surface area (TPSA) is 66.9 Å². The van der Waals surface area contributed by atoms with E-state index in [1.165, 1.54) is 0 Å². The van der Waals surface area contributed by atoms with E-state index < -0.39 is 0 Å². The van der Waals surface area contributed by atoms with Crippen molar-refractivity contribution < 1.29 is 4.79 Å². The van der Waals surface area contributed by atoms with Crippen LogP contribution >= 0.6 is 0 Å². The second kappa shape index (κ2) is 6.86. The summed E-state index contributed by atoms with van der Waals surface area (Å²) in [5, 5.41) is 6.20. The number of fused-ring (bicyclic) bond motifs is 1. The average Bonchev–Trinajstić information content (AvgIpc) is 2.76. The molecule has 2 aromatic rings. The average molecular weight is 313 g/mol. The summed E-state index contributed by atoms with van der Waals surface area (Å²) in [4.78, 5) is 24.8. The van der Waals surface area contributed by atoms with E-state index >= 15 is 0 Å². The van der Waals surface area contributed by atoms with Gasteiger partial charge < -0.3 is 5.32 Å². The van der Waals surface area contributed by atoms with Crippen molar-refractivity contribution in [1.82, 2.24) is 15.1 Å². The molecule has 1 atom stereocenters. The van der Waals surface area contributed by atoms with Gasteiger partial charge in [0.15, 0.2) is 0 Å². The number of nitrogens with zero attached hydrogens (tertiary/aromatic N) is 1. The van der Waals surface area contributed by atoms with Crippen LogP contribution in [0.5, 0.6) is 0 Å². The van der Waals surface area contributed by atoms with Crippen molar-refractivity contribution in [2.75, 3.05) is 6.54 Å². The van der Waals surface area contributed by atoms with Crippen LogP contribution in [0, 0.1) is 5.92 Å². The molecule has 1 aromatic heterocycles. The van der Waals surface area contributed by atoms with Gasteiger partial charge in [0.1, 0.15) is 0 Å². The van der Waals surface area contributed by atoms with Gasteiger partial charge in [0.2, 0.25) is 5.91 Å². The highest BCUT2D eigenvalue weighted by Crippen LogP contribution is 2.22. The summed E-state index contributed by atoms with van der Waals surface area (Å²) in [6, 6.07) is 9.60. The van der Waals surface area contributed by atoms with Gasteiger partial charge in [0, 0.05) is 23.7 Å². The molecule has 5 heteroatoms. The Morgan fingerprint density at radius 3 is 2.74 bits per heavy atom. The lowest BCUT2D eigenvalue weighted by Crippen LogP contribution is -2.31. The van der Waals surface area contributed by atoms with Crippen LogP contribution in [0.25, 0.3) is 5.69 Å². The highest BCUT2D eigenvalue weighted by molar-refractivity contribution is 5.78. The minimum Gasteiger partial charge on any atom is -0.356 e. The van der Waals surface area contributed by atoms with Crippen molar-refractivity contribution in [3.05, 3.63) is 51.9 Å². The third-order valence-electron chi connectivity index (χ3n) is 4.49. The molecular weight excluding hydrogens is 290 g/mol. The number of benzene rings is 1. The molecule has 0 saturated carbocycles. The normalized spacial score (nSPS) is 17.3. The molecule has 5 nitrogen and oxygen atoms in total. The van der Waals surface area contributed by atoms with Crippen molar-refractivity contribution in [3.63, 3.8) is 0 Å². The van der Waals surface area contributed by atoms with Crippen molar-refractivity contribution in [3.8, 4) is 5.69 Å². The number of H-pyrrole nitrogens is 1. The Kier molecular flexibility index (Phi) is 4.65. The number of aryl methyl sites for hydroxylation is 1. The minimum absolute atomic E-state index is 0.00641. The molecule has 1 aliphatic rings. The van der Waals surface area contributed by atoms with Gasteiger partial charge >= 0.3 is 0 Å². The Morgan fingerprint density at radius 1 is 1.26 bits per heavy atom. The van der Waals surface area contributed by atoms with Gasteiger partial charge in [-0.1, -0.05) is 25.1 Å². The van der Waals surface area contributed by atoms with Gasteiger partial charge in [-0.3, -0.25) is 14.7 Å². The van der Waals surface area contributed by atoms with E-state index in [4.69, 9.17) is 0 Å². The molecule has 0 fully saturated rings. The predicted molar refractivity (Wildman–Crippen MR) is 89.8 cm³/mol. The molecule has 0 aliphatic heterocycles. The van der Waals surface area contributed by atoms with E-state index in [1.54, 1.807) is 4.68 Å². The number of aromatic nitrogens is 2. The minimum atomic E-state index is 0.00641. The molecule has 0 saturated heterocycles. The van der Waals surface area contributed by atoms with Gasteiger partial charge in [0.05, 0.1) is 5.69 Å². The first-order valence-corrected chi connectivity index (χ1v) is 8.36. The third kappa shape index (κ3) is 3.23. The van der Waals surface area contributed by atoms with Crippen LogP contribution in [0.4, 0.5) is 0 Å². The van der Waals surface area contributed by atoms with Crippen molar-refractivity contribution >= 4 is 5.91 Å². The van der Waals surface area contributed by atoms with Crippen LogP contribution < -0.4 is 10.9 Å². The summed E-state index contributed by atoms with van der Waals surface area (Å²) < 4.78 is 1.61. The van der Waals surface area contributed by atoms with E-state index in [0.717, 1.165) is 49.2 Å². The van der Waals surface area contributed by atoms with Crippen LogP contribution in [-0.4, -0.2) is 22.2 Å². The van der Waals surface area contributed by atoms with Crippen molar-refractivity contribution in [2.45, 2.75) is 39.0 Å². The summed E-state index contributed by atoms with van der Waals surface area (Å²) in [5.74, 6) is 0.132. The fourth-order valence-electron chi connectivity index (χ4n) is 3.18. The zero-order valence-corrected chi connectivity index (χ0v) is 13.5. The molecule has 1 aliphatic carbocycles. The summed E-state index contributed by atoms with van der Waals surface area (Å²) >= 11 is 0. The number of carbonyl (C=O) groups is 1. The second-order valence-electron chi connectivity index (χ2n) is 6.11. The van der Waals surface area contributed by atoms with E-state index in [9.17, 15) is 9.59 Å². The highest BCUT2D eigenvalue weighted by Gasteiger charge is 2.25. The number of hydrogen-bond acceptors (Lipinski definition) is 2. The summed E-state index contributed by atoms with van der Waals surface area (Å²) in [5.41, 5.74) is 2.67. The lowest BCUT2D eigenvalue weighted by atomic mass is 9.99. The quantitative estimate of drug-likeness (QED) is 0.850. The van der Waals surface area contributed by atoms with Gasteiger partial charge in [-0.25, -0.2) is 4.68 Å². The first-order chi connectivity index (χ1) is 11.2. The molecule has 1 heterocycles. The van der Waals surface area contributed by atoms with E-state index in [0.29, 0.717) is 6.42 Å². The molecule has 0 spiro atoms. The number of hydrogen-bond donors (Lipinski definition) is 2. The van der Waals surface area contributed by atoms with Crippen LogP contribution in [0.3, 0.4) is 0 Å². The maximum atomic E-state index is 12.6. The summed E-state index contributed by atoms with van der Waals surface area (Å²) in [7, 11) is 0. The first-order valence-electron chi connectivity index (χ1n) is 8.36.